The Kier molecular flexibility index (Phi) is 4.69. The number of anilines is 1. The minimum Gasteiger partial charge on any atom is -0.325 e. The number of nitrogens with zero attached hydrogens (tertiary/aromatic N) is 1. The van der Waals surface area contributed by atoms with Crippen LogP contribution >= 0.6 is 23.2 Å². The Bertz CT molecular complexity index is 702. The topological polar surface area (TPSA) is 78.5 Å². The van der Waals surface area contributed by atoms with E-state index in [0.29, 0.717) is 23.6 Å². The van der Waals surface area contributed by atoms with Crippen LogP contribution in [0.4, 0.5) is 10.5 Å². The molecule has 1 aliphatic carbocycles. The van der Waals surface area contributed by atoms with E-state index in [1.54, 1.807) is 18.2 Å². The van der Waals surface area contributed by atoms with Gasteiger partial charge in [0.1, 0.15) is 5.54 Å². The van der Waals surface area contributed by atoms with E-state index in [4.69, 9.17) is 23.2 Å². The van der Waals surface area contributed by atoms with Crippen LogP contribution in [-0.4, -0.2) is 34.8 Å². The van der Waals surface area contributed by atoms with Crippen LogP contribution in [0.5, 0.6) is 0 Å². The van der Waals surface area contributed by atoms with E-state index in [1.807, 2.05) is 0 Å². The van der Waals surface area contributed by atoms with Gasteiger partial charge >= 0.3 is 6.03 Å². The highest BCUT2D eigenvalue weighted by atomic mass is 35.5. The van der Waals surface area contributed by atoms with Gasteiger partial charge in [0.15, 0.2) is 0 Å². The summed E-state index contributed by atoms with van der Waals surface area (Å²) in [7, 11) is 0. The zero-order valence-corrected chi connectivity index (χ0v) is 14.4. The molecule has 128 valence electrons. The number of amides is 4. The largest absolute Gasteiger partial charge is 0.325 e. The Morgan fingerprint density at radius 3 is 2.67 bits per heavy atom. The number of carbonyl (C=O) groups is 3. The lowest BCUT2D eigenvalue weighted by atomic mass is 9.98. The van der Waals surface area contributed by atoms with E-state index in [0.717, 1.165) is 17.7 Å². The zero-order valence-electron chi connectivity index (χ0n) is 12.9. The van der Waals surface area contributed by atoms with Crippen LogP contribution in [0.2, 0.25) is 10.0 Å². The van der Waals surface area contributed by atoms with E-state index < -0.39 is 11.6 Å². The maximum absolute atomic E-state index is 12.5. The van der Waals surface area contributed by atoms with Gasteiger partial charge in [0, 0.05) is 13.0 Å². The molecular weight excluding hydrogens is 353 g/mol. The Balaban J connectivity index is 1.59. The van der Waals surface area contributed by atoms with Gasteiger partial charge in [0.2, 0.25) is 5.91 Å². The van der Waals surface area contributed by atoms with E-state index in [9.17, 15) is 14.4 Å². The number of urea groups is 1. The lowest BCUT2D eigenvalue weighted by molar-refractivity contribution is -0.131. The van der Waals surface area contributed by atoms with Crippen molar-refractivity contribution in [3.05, 3.63) is 28.2 Å². The van der Waals surface area contributed by atoms with Crippen LogP contribution in [0.3, 0.4) is 0 Å². The smallest absolute Gasteiger partial charge is 0.325 e. The summed E-state index contributed by atoms with van der Waals surface area (Å²) in [5, 5.41) is 6.02. The number of halogens is 2. The standard InChI is InChI=1S/C16H17Cl2N3O3/c17-10-4-3-5-11(13(10)18)19-12(22)6-9-21-14(23)16(20-15(21)24)7-1-2-8-16/h3-5H,1-2,6-9H2,(H,19,22)(H,20,24). The highest BCUT2D eigenvalue weighted by Gasteiger charge is 2.52. The third-order valence-electron chi connectivity index (χ3n) is 4.49. The molecule has 4 amide bonds. The molecule has 1 aliphatic heterocycles. The summed E-state index contributed by atoms with van der Waals surface area (Å²) in [5.41, 5.74) is -0.345. The molecule has 1 saturated carbocycles. The maximum atomic E-state index is 12.5. The van der Waals surface area contributed by atoms with Gasteiger partial charge in [-0.25, -0.2) is 4.79 Å². The fourth-order valence-corrected chi connectivity index (χ4v) is 3.57. The predicted molar refractivity (Wildman–Crippen MR) is 91.2 cm³/mol. The first-order chi connectivity index (χ1) is 11.4. The molecule has 0 aromatic heterocycles. The van der Waals surface area contributed by atoms with Crippen molar-refractivity contribution in [2.24, 2.45) is 0 Å². The Morgan fingerprint density at radius 2 is 1.96 bits per heavy atom. The zero-order chi connectivity index (χ0) is 17.3. The van der Waals surface area contributed by atoms with Gasteiger partial charge < -0.3 is 10.6 Å². The first-order valence-corrected chi connectivity index (χ1v) is 8.56. The van der Waals surface area contributed by atoms with Gasteiger partial charge in [-0.1, -0.05) is 42.1 Å². The summed E-state index contributed by atoms with van der Waals surface area (Å²) in [6.07, 6.45) is 3.18. The Hall–Kier alpha value is -1.79. The fraction of sp³-hybridized carbons (Fsp3) is 0.438. The average Bonchev–Trinajstić information content (AvgIpc) is 3.09. The molecule has 8 heteroatoms. The van der Waals surface area contributed by atoms with Crippen molar-refractivity contribution in [1.29, 1.82) is 0 Å². The van der Waals surface area contributed by atoms with Gasteiger partial charge in [-0.2, -0.15) is 0 Å². The van der Waals surface area contributed by atoms with Crippen molar-refractivity contribution >= 4 is 46.7 Å². The van der Waals surface area contributed by atoms with Crippen molar-refractivity contribution in [1.82, 2.24) is 10.2 Å². The Morgan fingerprint density at radius 1 is 1.25 bits per heavy atom. The minimum absolute atomic E-state index is 0.00190. The summed E-state index contributed by atoms with van der Waals surface area (Å²) in [6.45, 7) is 0.0381. The molecule has 1 aromatic carbocycles. The third-order valence-corrected chi connectivity index (χ3v) is 5.31. The molecule has 0 unspecified atom stereocenters. The monoisotopic (exact) mass is 369 g/mol. The SMILES string of the molecule is O=C(CCN1C(=O)NC2(CCCC2)C1=O)Nc1cccc(Cl)c1Cl. The van der Waals surface area contributed by atoms with Crippen LogP contribution in [0.1, 0.15) is 32.1 Å². The second-order valence-electron chi connectivity index (χ2n) is 6.08. The van der Waals surface area contributed by atoms with Crippen molar-refractivity contribution in [3.63, 3.8) is 0 Å². The summed E-state index contributed by atoms with van der Waals surface area (Å²) in [4.78, 5) is 37.7. The van der Waals surface area contributed by atoms with Gasteiger partial charge in [-0.15, -0.1) is 0 Å². The molecule has 1 saturated heterocycles. The van der Waals surface area contributed by atoms with E-state index >= 15 is 0 Å². The first-order valence-electron chi connectivity index (χ1n) is 7.81. The molecule has 24 heavy (non-hydrogen) atoms. The number of benzene rings is 1. The number of carbonyl (C=O) groups excluding carboxylic acids is 3. The second kappa shape index (κ2) is 6.61. The maximum Gasteiger partial charge on any atom is 0.325 e. The number of hydrogen-bond donors (Lipinski definition) is 2. The van der Waals surface area contributed by atoms with Gasteiger partial charge in [0.25, 0.3) is 5.91 Å². The summed E-state index contributed by atoms with van der Waals surface area (Å²) in [5.74, 6) is -0.564. The number of nitrogens with one attached hydrogen (secondary N) is 2. The molecule has 2 fully saturated rings. The second-order valence-corrected chi connectivity index (χ2v) is 6.86. The summed E-state index contributed by atoms with van der Waals surface area (Å²) >= 11 is 11.9. The lowest BCUT2D eigenvalue weighted by Crippen LogP contribution is -2.44. The molecule has 0 radical (unpaired) electrons. The van der Waals surface area contributed by atoms with Crippen LogP contribution < -0.4 is 10.6 Å². The Labute approximate surface area is 149 Å². The van der Waals surface area contributed by atoms with Crippen molar-refractivity contribution in [3.8, 4) is 0 Å². The number of imide groups is 1. The summed E-state index contributed by atoms with van der Waals surface area (Å²) < 4.78 is 0. The van der Waals surface area contributed by atoms with Crippen LogP contribution in [0.25, 0.3) is 0 Å². The molecule has 0 atom stereocenters. The van der Waals surface area contributed by atoms with Crippen LogP contribution in [0, 0.1) is 0 Å². The van der Waals surface area contributed by atoms with Crippen molar-refractivity contribution in [2.75, 3.05) is 11.9 Å². The predicted octanol–water partition coefficient (Wildman–Crippen LogP) is 3.19. The summed E-state index contributed by atoms with van der Waals surface area (Å²) in [6, 6.07) is 4.50. The molecule has 3 rings (SSSR count). The van der Waals surface area contributed by atoms with Crippen molar-refractivity contribution < 1.29 is 14.4 Å². The molecular formula is C16H17Cl2N3O3. The highest BCUT2D eigenvalue weighted by molar-refractivity contribution is 6.44. The van der Waals surface area contributed by atoms with Crippen LogP contribution in [-0.2, 0) is 9.59 Å². The number of hydrogen-bond acceptors (Lipinski definition) is 3. The molecule has 6 nitrogen and oxygen atoms in total. The van der Waals surface area contributed by atoms with Gasteiger partial charge in [-0.05, 0) is 25.0 Å². The third kappa shape index (κ3) is 3.08. The lowest BCUT2D eigenvalue weighted by Gasteiger charge is -2.19. The average molecular weight is 370 g/mol. The number of rotatable bonds is 4. The normalized spacial score (nSPS) is 19.0. The molecule has 2 aliphatic rings. The highest BCUT2D eigenvalue weighted by Crippen LogP contribution is 2.35. The minimum atomic E-state index is -0.746. The van der Waals surface area contributed by atoms with Crippen LogP contribution in [0.15, 0.2) is 18.2 Å². The molecule has 0 bridgehead atoms. The molecule has 1 aromatic rings. The molecule has 1 spiro atoms. The van der Waals surface area contributed by atoms with Gasteiger partial charge in [-0.3, -0.25) is 14.5 Å². The van der Waals surface area contributed by atoms with Gasteiger partial charge in [0.05, 0.1) is 15.7 Å². The first kappa shape index (κ1) is 17.0. The molecule has 2 N–H and O–H groups in total. The fourth-order valence-electron chi connectivity index (χ4n) is 3.22. The van der Waals surface area contributed by atoms with Crippen molar-refractivity contribution in [2.45, 2.75) is 37.6 Å². The molecule has 1 heterocycles. The quantitative estimate of drug-likeness (QED) is 0.799. The van der Waals surface area contributed by atoms with E-state index in [2.05, 4.69) is 10.6 Å². The van der Waals surface area contributed by atoms with E-state index in [1.165, 1.54) is 0 Å². The van der Waals surface area contributed by atoms with E-state index in [-0.39, 0.29) is 29.8 Å².